The third kappa shape index (κ3) is 2.48. The second kappa shape index (κ2) is 5.04. The van der Waals surface area contributed by atoms with Crippen molar-refractivity contribution in [3.8, 4) is 0 Å². The van der Waals surface area contributed by atoms with Crippen molar-refractivity contribution in [2.24, 2.45) is 0 Å². The monoisotopic (exact) mass is 258 g/mol. The zero-order valence-electron chi connectivity index (χ0n) is 8.50. The fraction of sp³-hybridized carbons (Fsp3) is 0.364. The van der Waals surface area contributed by atoms with Crippen LogP contribution in [0.5, 0.6) is 0 Å². The van der Waals surface area contributed by atoms with E-state index in [0.717, 1.165) is 0 Å². The third-order valence-electron chi connectivity index (χ3n) is 2.39. The van der Waals surface area contributed by atoms with Crippen molar-refractivity contribution in [2.75, 3.05) is 26.3 Å². The highest BCUT2D eigenvalue weighted by atomic mass is 35.5. The number of morpholine rings is 1. The zero-order valence-corrected chi connectivity index (χ0v) is 10.0. The Labute approximate surface area is 104 Å². The number of carbonyl (C=O) groups excluding carboxylic acids is 1. The molecule has 0 saturated carbocycles. The van der Waals surface area contributed by atoms with Crippen LogP contribution in [0.15, 0.2) is 12.1 Å². The molecule has 0 N–H and O–H groups in total. The fourth-order valence-electron chi connectivity index (χ4n) is 1.55. The molecule has 1 aromatic rings. The van der Waals surface area contributed by atoms with E-state index in [9.17, 15) is 4.79 Å². The Hall–Kier alpha value is -0.770. The van der Waals surface area contributed by atoms with Gasteiger partial charge in [0.1, 0.15) is 0 Å². The first kappa shape index (κ1) is 11.7. The van der Waals surface area contributed by atoms with Crippen LogP contribution in [-0.4, -0.2) is 37.1 Å². The van der Waals surface area contributed by atoms with Gasteiger partial charge in [0, 0.05) is 19.2 Å². The lowest BCUT2D eigenvalue weighted by atomic mass is 10.2. The van der Waals surface area contributed by atoms with Gasteiger partial charge in [-0.3, -0.25) is 4.79 Å². The molecule has 1 saturated heterocycles. The minimum Gasteiger partial charge on any atom is -0.378 e. The van der Waals surface area contributed by atoms with E-state index in [4.69, 9.17) is 27.9 Å². The van der Waals surface area contributed by atoms with Gasteiger partial charge in [0.2, 0.25) is 0 Å². The summed E-state index contributed by atoms with van der Waals surface area (Å²) in [5, 5.41) is 0.674. The van der Waals surface area contributed by atoms with Crippen LogP contribution in [-0.2, 0) is 4.74 Å². The van der Waals surface area contributed by atoms with Gasteiger partial charge >= 0.3 is 0 Å². The predicted octanol–water partition coefficient (Wildman–Crippen LogP) is 2.27. The molecule has 16 heavy (non-hydrogen) atoms. The lowest BCUT2D eigenvalue weighted by molar-refractivity contribution is 0.0303. The number of hydrogen-bond donors (Lipinski definition) is 0. The molecule has 1 heterocycles. The summed E-state index contributed by atoms with van der Waals surface area (Å²) in [4.78, 5) is 13.8. The number of halogens is 2. The van der Waals surface area contributed by atoms with Crippen LogP contribution in [0.3, 0.4) is 0 Å². The van der Waals surface area contributed by atoms with Gasteiger partial charge in [-0.1, -0.05) is 23.2 Å². The van der Waals surface area contributed by atoms with Gasteiger partial charge in [0.25, 0.3) is 5.91 Å². The Morgan fingerprint density at radius 3 is 2.62 bits per heavy atom. The molecule has 1 aliphatic heterocycles. The van der Waals surface area contributed by atoms with Crippen molar-refractivity contribution >= 4 is 29.1 Å². The van der Waals surface area contributed by atoms with E-state index < -0.39 is 0 Å². The van der Waals surface area contributed by atoms with Gasteiger partial charge in [-0.05, 0) is 12.1 Å². The Morgan fingerprint density at radius 2 is 2.00 bits per heavy atom. The van der Waals surface area contributed by atoms with E-state index in [2.05, 4.69) is 6.07 Å². The van der Waals surface area contributed by atoms with Gasteiger partial charge in [-0.25, -0.2) is 0 Å². The Morgan fingerprint density at radius 1 is 1.31 bits per heavy atom. The van der Waals surface area contributed by atoms with Crippen LogP contribution in [0.1, 0.15) is 10.4 Å². The van der Waals surface area contributed by atoms with Crippen LogP contribution < -0.4 is 0 Å². The molecule has 0 unspecified atom stereocenters. The SMILES string of the molecule is O=C(c1ccc(Cl)[c]c1Cl)N1CCOCC1. The minimum atomic E-state index is -0.0961. The highest BCUT2D eigenvalue weighted by Crippen LogP contribution is 2.21. The number of carbonyl (C=O) groups is 1. The number of benzene rings is 1. The second-order valence-corrected chi connectivity index (χ2v) is 4.22. The maximum Gasteiger partial charge on any atom is 0.255 e. The fourth-order valence-corrected chi connectivity index (χ4v) is 2.00. The molecule has 1 radical (unpaired) electrons. The summed E-state index contributed by atoms with van der Waals surface area (Å²) in [7, 11) is 0. The number of ether oxygens (including phenoxy) is 1. The Kier molecular flexibility index (Phi) is 3.69. The Balaban J connectivity index is 2.19. The van der Waals surface area contributed by atoms with Crippen molar-refractivity contribution < 1.29 is 9.53 Å². The quantitative estimate of drug-likeness (QED) is 0.774. The number of amides is 1. The van der Waals surface area contributed by atoms with Crippen molar-refractivity contribution in [3.63, 3.8) is 0 Å². The van der Waals surface area contributed by atoms with E-state index in [0.29, 0.717) is 36.9 Å². The summed E-state index contributed by atoms with van der Waals surface area (Å²) in [5.74, 6) is -0.0961. The first-order chi connectivity index (χ1) is 7.68. The largest absolute Gasteiger partial charge is 0.378 e. The topological polar surface area (TPSA) is 29.5 Å². The van der Waals surface area contributed by atoms with Gasteiger partial charge in [0.15, 0.2) is 0 Å². The van der Waals surface area contributed by atoms with Gasteiger partial charge < -0.3 is 9.64 Å². The molecule has 3 nitrogen and oxygen atoms in total. The second-order valence-electron chi connectivity index (χ2n) is 3.44. The highest BCUT2D eigenvalue weighted by Gasteiger charge is 2.20. The summed E-state index contributed by atoms with van der Waals surface area (Å²) >= 11 is 11.6. The molecule has 0 atom stereocenters. The van der Waals surface area contributed by atoms with E-state index in [-0.39, 0.29) is 10.9 Å². The van der Waals surface area contributed by atoms with Crippen molar-refractivity contribution in [2.45, 2.75) is 0 Å². The molecule has 2 rings (SSSR count). The van der Waals surface area contributed by atoms with Crippen LogP contribution in [0.4, 0.5) is 0 Å². The summed E-state index contributed by atoms with van der Waals surface area (Å²) < 4.78 is 5.18. The van der Waals surface area contributed by atoms with Crippen molar-refractivity contribution in [1.82, 2.24) is 4.90 Å². The summed E-state index contributed by atoms with van der Waals surface area (Å²) in [6.07, 6.45) is 0. The van der Waals surface area contributed by atoms with Crippen LogP contribution in [0, 0.1) is 6.07 Å². The van der Waals surface area contributed by atoms with Gasteiger partial charge in [0.05, 0.1) is 28.8 Å². The lowest BCUT2D eigenvalue weighted by Gasteiger charge is -2.27. The van der Waals surface area contributed by atoms with E-state index >= 15 is 0 Å². The summed E-state index contributed by atoms with van der Waals surface area (Å²) in [6.45, 7) is 2.33. The van der Waals surface area contributed by atoms with E-state index in [1.165, 1.54) is 0 Å². The zero-order chi connectivity index (χ0) is 11.5. The lowest BCUT2D eigenvalue weighted by Crippen LogP contribution is -2.40. The number of hydrogen-bond acceptors (Lipinski definition) is 2. The number of rotatable bonds is 1. The smallest absolute Gasteiger partial charge is 0.255 e. The molecule has 5 heteroatoms. The van der Waals surface area contributed by atoms with E-state index in [1.807, 2.05) is 0 Å². The molecule has 0 aliphatic carbocycles. The predicted molar refractivity (Wildman–Crippen MR) is 62.0 cm³/mol. The molecular weight excluding hydrogens is 249 g/mol. The van der Waals surface area contributed by atoms with Crippen LogP contribution >= 0.6 is 23.2 Å². The van der Waals surface area contributed by atoms with Gasteiger partial charge in [-0.15, -0.1) is 0 Å². The maximum absolute atomic E-state index is 12.1. The molecule has 0 spiro atoms. The maximum atomic E-state index is 12.1. The average molecular weight is 259 g/mol. The summed E-state index contributed by atoms with van der Waals surface area (Å²) in [6, 6.07) is 5.95. The molecule has 85 valence electrons. The molecule has 1 aliphatic rings. The van der Waals surface area contributed by atoms with Crippen LogP contribution in [0.2, 0.25) is 10.0 Å². The molecular formula is C11H10Cl2NO2. The third-order valence-corrected chi connectivity index (χ3v) is 2.91. The van der Waals surface area contributed by atoms with Crippen LogP contribution in [0.25, 0.3) is 0 Å². The molecule has 0 aromatic heterocycles. The molecule has 1 fully saturated rings. The van der Waals surface area contributed by atoms with Gasteiger partial charge in [-0.2, -0.15) is 0 Å². The normalized spacial score (nSPS) is 16.2. The van der Waals surface area contributed by atoms with Crippen molar-refractivity contribution in [1.29, 1.82) is 0 Å². The highest BCUT2D eigenvalue weighted by molar-refractivity contribution is 6.36. The Bertz CT molecular complexity index is 403. The number of nitrogens with zero attached hydrogens (tertiary/aromatic N) is 1. The minimum absolute atomic E-state index is 0.0961. The first-order valence-electron chi connectivity index (χ1n) is 4.93. The van der Waals surface area contributed by atoms with E-state index in [1.54, 1.807) is 17.0 Å². The molecule has 1 amide bonds. The average Bonchev–Trinajstić information content (AvgIpc) is 2.29. The molecule has 1 aromatic carbocycles. The molecule has 0 bridgehead atoms. The first-order valence-corrected chi connectivity index (χ1v) is 5.68. The van der Waals surface area contributed by atoms with Crippen molar-refractivity contribution in [3.05, 3.63) is 33.8 Å². The standard InChI is InChI=1S/C11H10Cl2NO2/c12-8-1-2-9(10(13)7-8)11(15)14-3-5-16-6-4-14/h1-2H,3-6H2. The summed E-state index contributed by atoms with van der Waals surface area (Å²) in [5.41, 5.74) is 0.438.